The molecule has 0 bridgehead atoms. The molecule has 2 aromatic carbocycles. The maximum Gasteiger partial charge on any atom is 0.269 e. The number of hydrogen-bond acceptors (Lipinski definition) is 6. The topological polar surface area (TPSA) is 105 Å². The van der Waals surface area contributed by atoms with Crippen LogP contribution in [0.5, 0.6) is 0 Å². The van der Waals surface area contributed by atoms with Crippen LogP contribution in [0.15, 0.2) is 54.9 Å². The zero-order valence-corrected chi connectivity index (χ0v) is 15.5. The minimum Gasteiger partial charge on any atom is -0.393 e. The molecule has 0 aliphatic carbocycles. The molecule has 8 heteroatoms. The van der Waals surface area contributed by atoms with E-state index >= 15 is 0 Å². The number of rotatable bonds is 6. The van der Waals surface area contributed by atoms with Crippen LogP contribution in [0, 0.1) is 5.82 Å². The van der Waals surface area contributed by atoms with Gasteiger partial charge < -0.3 is 11.1 Å². The summed E-state index contributed by atoms with van der Waals surface area (Å²) in [4.78, 5) is 20.3. The Hall–Kier alpha value is -3.68. The number of anilines is 4. The highest BCUT2D eigenvalue weighted by atomic mass is 19.1. The quantitative estimate of drug-likeness (QED) is 0.485. The van der Waals surface area contributed by atoms with E-state index in [0.717, 1.165) is 5.69 Å². The molecule has 0 saturated carbocycles. The molecule has 144 valence electrons. The van der Waals surface area contributed by atoms with Crippen LogP contribution in [-0.2, 0) is 0 Å². The molecule has 0 aliphatic heterocycles. The summed E-state index contributed by atoms with van der Waals surface area (Å²) < 4.78 is 13.0. The monoisotopic (exact) mass is 380 g/mol. The summed E-state index contributed by atoms with van der Waals surface area (Å²) in [7, 11) is 0. The van der Waals surface area contributed by atoms with Gasteiger partial charge in [-0.15, -0.1) is 0 Å². The number of nitrogens with two attached hydrogens (primary N) is 1. The number of carbonyl (C=O) groups excluding carboxylic acids is 1. The maximum atomic E-state index is 13.0. The summed E-state index contributed by atoms with van der Waals surface area (Å²) in [6.07, 6.45) is 1.33. The summed E-state index contributed by atoms with van der Waals surface area (Å²) in [5, 5.41) is 3.13. The molecule has 0 atom stereocenters. The second kappa shape index (κ2) is 8.34. The van der Waals surface area contributed by atoms with Crippen molar-refractivity contribution in [3.63, 3.8) is 0 Å². The fraction of sp³-hybridized carbons (Fsp3) is 0.150. The summed E-state index contributed by atoms with van der Waals surface area (Å²) in [6.45, 7) is 4.26. The van der Waals surface area contributed by atoms with E-state index in [4.69, 9.17) is 5.73 Å². The number of aromatic nitrogens is 2. The lowest BCUT2D eigenvalue weighted by atomic mass is 10.0. The SMILES string of the molecule is CC(C)c1ccc(Nc2ncnc(NNC(=O)c3ccc(F)cc3)c2N)cc1. The highest BCUT2D eigenvalue weighted by molar-refractivity contribution is 5.95. The molecule has 5 N–H and O–H groups in total. The Balaban J connectivity index is 1.68. The number of hydrazine groups is 1. The van der Waals surface area contributed by atoms with Crippen LogP contribution >= 0.6 is 0 Å². The van der Waals surface area contributed by atoms with Gasteiger partial charge in [-0.3, -0.25) is 15.6 Å². The van der Waals surface area contributed by atoms with Gasteiger partial charge in [0, 0.05) is 11.3 Å². The Morgan fingerprint density at radius 2 is 1.64 bits per heavy atom. The Kier molecular flexibility index (Phi) is 5.69. The third-order valence-electron chi connectivity index (χ3n) is 4.12. The summed E-state index contributed by atoms with van der Waals surface area (Å²) in [5.74, 6) is 0.231. The molecule has 0 radical (unpaired) electrons. The van der Waals surface area contributed by atoms with E-state index in [9.17, 15) is 9.18 Å². The molecule has 7 nitrogen and oxygen atoms in total. The van der Waals surface area contributed by atoms with Gasteiger partial charge >= 0.3 is 0 Å². The molecule has 1 heterocycles. The highest BCUT2D eigenvalue weighted by Crippen LogP contribution is 2.26. The minimum absolute atomic E-state index is 0.242. The first kappa shape index (κ1) is 19.1. The van der Waals surface area contributed by atoms with Crippen LogP contribution in [0.1, 0.15) is 35.7 Å². The van der Waals surface area contributed by atoms with E-state index in [1.54, 1.807) is 0 Å². The lowest BCUT2D eigenvalue weighted by Gasteiger charge is -2.14. The first-order valence-corrected chi connectivity index (χ1v) is 8.73. The number of carbonyl (C=O) groups is 1. The van der Waals surface area contributed by atoms with E-state index in [1.165, 1.54) is 36.2 Å². The number of benzene rings is 2. The number of nitrogens with one attached hydrogen (secondary N) is 3. The third-order valence-corrected chi connectivity index (χ3v) is 4.12. The molecule has 0 spiro atoms. The largest absolute Gasteiger partial charge is 0.393 e. The minimum atomic E-state index is -0.447. The summed E-state index contributed by atoms with van der Waals surface area (Å²) >= 11 is 0. The van der Waals surface area contributed by atoms with Gasteiger partial charge in [0.15, 0.2) is 11.6 Å². The van der Waals surface area contributed by atoms with Crippen LogP contribution in [0.2, 0.25) is 0 Å². The van der Waals surface area contributed by atoms with Crippen LogP contribution in [0.3, 0.4) is 0 Å². The molecule has 1 aromatic heterocycles. The highest BCUT2D eigenvalue weighted by Gasteiger charge is 2.11. The van der Waals surface area contributed by atoms with Gasteiger partial charge in [-0.1, -0.05) is 26.0 Å². The Morgan fingerprint density at radius 1 is 1.00 bits per heavy atom. The zero-order chi connectivity index (χ0) is 20.1. The summed E-state index contributed by atoms with van der Waals surface area (Å²) in [6, 6.07) is 13.1. The fourth-order valence-electron chi connectivity index (χ4n) is 2.47. The maximum absolute atomic E-state index is 13.0. The second-order valence-corrected chi connectivity index (χ2v) is 6.47. The average molecular weight is 380 g/mol. The van der Waals surface area contributed by atoms with Gasteiger partial charge in [0.25, 0.3) is 5.91 Å². The van der Waals surface area contributed by atoms with Crippen LogP contribution < -0.4 is 21.9 Å². The normalized spacial score (nSPS) is 10.6. The first-order chi connectivity index (χ1) is 13.4. The van der Waals surface area contributed by atoms with E-state index < -0.39 is 11.7 Å². The third kappa shape index (κ3) is 4.53. The Labute approximate surface area is 162 Å². The number of amides is 1. The molecule has 0 saturated heterocycles. The van der Waals surface area contributed by atoms with Crippen LogP contribution in [0.4, 0.5) is 27.4 Å². The fourth-order valence-corrected chi connectivity index (χ4v) is 2.47. The van der Waals surface area contributed by atoms with Crippen molar-refractivity contribution in [3.8, 4) is 0 Å². The smallest absolute Gasteiger partial charge is 0.269 e. The predicted octanol–water partition coefficient (Wildman–Crippen LogP) is 3.82. The Morgan fingerprint density at radius 3 is 2.29 bits per heavy atom. The molecule has 0 unspecified atom stereocenters. The van der Waals surface area contributed by atoms with Gasteiger partial charge in [-0.2, -0.15) is 0 Å². The van der Waals surface area contributed by atoms with E-state index in [0.29, 0.717) is 17.3 Å². The molecule has 0 fully saturated rings. The van der Waals surface area contributed by atoms with Gasteiger partial charge in [-0.25, -0.2) is 14.4 Å². The number of halogens is 1. The van der Waals surface area contributed by atoms with Crippen molar-refractivity contribution in [3.05, 3.63) is 71.8 Å². The van der Waals surface area contributed by atoms with Crippen molar-refractivity contribution < 1.29 is 9.18 Å². The molecular weight excluding hydrogens is 359 g/mol. The van der Waals surface area contributed by atoms with E-state index in [1.807, 2.05) is 24.3 Å². The Bertz CT molecular complexity index is 957. The summed E-state index contributed by atoms with van der Waals surface area (Å²) in [5.41, 5.74) is 13.8. The molecule has 3 aromatic rings. The molecule has 28 heavy (non-hydrogen) atoms. The standard InChI is InChI=1S/C20H21FN6O/c1-12(2)13-5-9-16(10-6-13)25-18-17(22)19(24-11-23-18)26-27-20(28)14-3-7-15(21)8-4-14/h3-12H,22H2,1-2H3,(H,27,28)(H2,23,24,25,26). The van der Waals surface area contributed by atoms with Crippen molar-refractivity contribution in [2.24, 2.45) is 0 Å². The second-order valence-electron chi connectivity index (χ2n) is 6.47. The number of nitrogens with zero attached hydrogens (tertiary/aromatic N) is 2. The van der Waals surface area contributed by atoms with Crippen molar-refractivity contribution in [2.75, 3.05) is 16.5 Å². The molecule has 3 rings (SSSR count). The van der Waals surface area contributed by atoms with Gasteiger partial charge in [0.2, 0.25) is 0 Å². The van der Waals surface area contributed by atoms with Crippen LogP contribution in [0.25, 0.3) is 0 Å². The van der Waals surface area contributed by atoms with E-state index in [-0.39, 0.29) is 11.5 Å². The zero-order valence-electron chi connectivity index (χ0n) is 15.5. The van der Waals surface area contributed by atoms with Crippen LogP contribution in [-0.4, -0.2) is 15.9 Å². The average Bonchev–Trinajstić information content (AvgIpc) is 2.69. The van der Waals surface area contributed by atoms with Crippen molar-refractivity contribution in [1.29, 1.82) is 0 Å². The number of hydrogen-bond donors (Lipinski definition) is 4. The van der Waals surface area contributed by atoms with Gasteiger partial charge in [0.1, 0.15) is 17.8 Å². The number of nitrogen functional groups attached to an aromatic ring is 1. The van der Waals surface area contributed by atoms with Gasteiger partial charge in [0.05, 0.1) is 0 Å². The van der Waals surface area contributed by atoms with Crippen molar-refractivity contribution in [1.82, 2.24) is 15.4 Å². The molecule has 0 aliphatic rings. The van der Waals surface area contributed by atoms with Crippen molar-refractivity contribution >= 4 is 28.9 Å². The first-order valence-electron chi connectivity index (χ1n) is 8.73. The van der Waals surface area contributed by atoms with Gasteiger partial charge in [-0.05, 0) is 47.9 Å². The van der Waals surface area contributed by atoms with E-state index in [2.05, 4.69) is 40.0 Å². The predicted molar refractivity (Wildman–Crippen MR) is 108 cm³/mol. The lowest BCUT2D eigenvalue weighted by molar-refractivity contribution is 0.0962. The molecular formula is C20H21FN6O. The van der Waals surface area contributed by atoms with Crippen molar-refractivity contribution in [2.45, 2.75) is 19.8 Å². The lowest BCUT2D eigenvalue weighted by Crippen LogP contribution is -2.30. The molecule has 1 amide bonds.